The predicted molar refractivity (Wildman–Crippen MR) is 82.6 cm³/mol. The molecule has 2 aromatic rings. The SMILES string of the molecule is Cc1cc(C)c(C)c(Oc2cncc(CNC3CC3)n2)c1. The largest absolute Gasteiger partial charge is 0.437 e. The molecule has 0 atom stereocenters. The van der Waals surface area contributed by atoms with Crippen molar-refractivity contribution < 1.29 is 4.74 Å². The molecule has 1 heterocycles. The van der Waals surface area contributed by atoms with Gasteiger partial charge in [-0.2, -0.15) is 0 Å². The van der Waals surface area contributed by atoms with E-state index in [4.69, 9.17) is 4.74 Å². The number of rotatable bonds is 5. The minimum Gasteiger partial charge on any atom is -0.437 e. The standard InChI is InChI=1S/C17H21N3O/c1-11-6-12(2)13(3)16(7-11)21-17-10-18-8-15(20-17)9-19-14-4-5-14/h6-8,10,14,19H,4-5,9H2,1-3H3. The quantitative estimate of drug-likeness (QED) is 0.913. The zero-order chi connectivity index (χ0) is 14.8. The maximum atomic E-state index is 5.93. The maximum Gasteiger partial charge on any atom is 0.238 e. The third-order valence-electron chi connectivity index (χ3n) is 3.79. The number of nitrogens with one attached hydrogen (secondary N) is 1. The molecule has 4 heteroatoms. The number of aryl methyl sites for hydroxylation is 2. The summed E-state index contributed by atoms with van der Waals surface area (Å²) in [6, 6.07) is 4.86. The first-order valence-corrected chi connectivity index (χ1v) is 7.42. The van der Waals surface area contributed by atoms with E-state index in [1.807, 2.05) is 6.07 Å². The molecule has 0 spiro atoms. The Bertz CT molecular complexity index is 650. The molecule has 1 aliphatic rings. The van der Waals surface area contributed by atoms with E-state index >= 15 is 0 Å². The highest BCUT2D eigenvalue weighted by molar-refractivity contribution is 5.43. The van der Waals surface area contributed by atoms with Gasteiger partial charge < -0.3 is 10.1 Å². The van der Waals surface area contributed by atoms with E-state index in [-0.39, 0.29) is 0 Å². The molecule has 0 saturated heterocycles. The summed E-state index contributed by atoms with van der Waals surface area (Å²) in [5.74, 6) is 1.41. The van der Waals surface area contributed by atoms with E-state index in [2.05, 4.69) is 42.1 Å². The summed E-state index contributed by atoms with van der Waals surface area (Å²) in [6.07, 6.45) is 5.99. The predicted octanol–water partition coefficient (Wildman–Crippen LogP) is 3.45. The smallest absolute Gasteiger partial charge is 0.238 e. The van der Waals surface area contributed by atoms with E-state index in [0.717, 1.165) is 23.6 Å². The van der Waals surface area contributed by atoms with Gasteiger partial charge in [0.2, 0.25) is 5.88 Å². The summed E-state index contributed by atoms with van der Waals surface area (Å²) in [7, 11) is 0. The molecule has 0 amide bonds. The van der Waals surface area contributed by atoms with Crippen molar-refractivity contribution in [1.29, 1.82) is 0 Å². The maximum absolute atomic E-state index is 5.93. The lowest BCUT2D eigenvalue weighted by atomic mass is 10.1. The average molecular weight is 283 g/mol. The minimum atomic E-state index is 0.554. The van der Waals surface area contributed by atoms with E-state index < -0.39 is 0 Å². The van der Waals surface area contributed by atoms with Gasteiger partial charge in [0.25, 0.3) is 0 Å². The van der Waals surface area contributed by atoms with Crippen LogP contribution in [0.25, 0.3) is 0 Å². The van der Waals surface area contributed by atoms with Crippen LogP contribution in [0.4, 0.5) is 0 Å². The molecule has 1 fully saturated rings. The minimum absolute atomic E-state index is 0.554. The van der Waals surface area contributed by atoms with Crippen LogP contribution in [0.5, 0.6) is 11.6 Å². The lowest BCUT2D eigenvalue weighted by Gasteiger charge is -2.12. The normalized spacial score (nSPS) is 14.2. The number of nitrogens with zero attached hydrogens (tertiary/aromatic N) is 2. The second kappa shape index (κ2) is 5.82. The molecule has 110 valence electrons. The summed E-state index contributed by atoms with van der Waals surface area (Å²) in [6.45, 7) is 6.98. The first-order chi connectivity index (χ1) is 10.1. The van der Waals surface area contributed by atoms with E-state index in [1.54, 1.807) is 12.4 Å². The Balaban J connectivity index is 1.76. The Morgan fingerprint density at radius 1 is 1.19 bits per heavy atom. The third kappa shape index (κ3) is 3.58. The molecule has 0 aliphatic heterocycles. The van der Waals surface area contributed by atoms with Gasteiger partial charge in [0.05, 0.1) is 11.9 Å². The van der Waals surface area contributed by atoms with Gasteiger partial charge in [-0.1, -0.05) is 6.07 Å². The van der Waals surface area contributed by atoms with Crippen molar-refractivity contribution in [2.24, 2.45) is 0 Å². The van der Waals surface area contributed by atoms with E-state index in [1.165, 1.54) is 24.0 Å². The van der Waals surface area contributed by atoms with Gasteiger partial charge >= 0.3 is 0 Å². The summed E-state index contributed by atoms with van der Waals surface area (Å²) in [4.78, 5) is 8.75. The average Bonchev–Trinajstić information content (AvgIpc) is 3.27. The van der Waals surface area contributed by atoms with E-state index in [0.29, 0.717) is 11.9 Å². The van der Waals surface area contributed by atoms with Crippen LogP contribution in [0.15, 0.2) is 24.5 Å². The lowest BCUT2D eigenvalue weighted by molar-refractivity contribution is 0.452. The summed E-state index contributed by atoms with van der Waals surface area (Å²) in [5, 5.41) is 3.44. The van der Waals surface area contributed by atoms with Gasteiger partial charge in [0, 0.05) is 18.8 Å². The van der Waals surface area contributed by atoms with Gasteiger partial charge in [-0.25, -0.2) is 4.98 Å². The van der Waals surface area contributed by atoms with Crippen LogP contribution in [0, 0.1) is 20.8 Å². The molecule has 0 radical (unpaired) electrons. The topological polar surface area (TPSA) is 47.0 Å². The van der Waals surface area contributed by atoms with Crippen LogP contribution in [-0.2, 0) is 6.54 Å². The number of hydrogen-bond acceptors (Lipinski definition) is 4. The zero-order valence-electron chi connectivity index (χ0n) is 12.8. The molecule has 1 aromatic carbocycles. The summed E-state index contributed by atoms with van der Waals surface area (Å²) >= 11 is 0. The van der Waals surface area contributed by atoms with E-state index in [9.17, 15) is 0 Å². The van der Waals surface area contributed by atoms with Crippen LogP contribution in [-0.4, -0.2) is 16.0 Å². The second-order valence-electron chi connectivity index (χ2n) is 5.81. The Morgan fingerprint density at radius 2 is 2.00 bits per heavy atom. The van der Waals surface area contributed by atoms with Crippen molar-refractivity contribution in [1.82, 2.24) is 15.3 Å². The van der Waals surface area contributed by atoms with Crippen LogP contribution in [0.1, 0.15) is 35.2 Å². The first-order valence-electron chi connectivity index (χ1n) is 7.42. The zero-order valence-corrected chi connectivity index (χ0v) is 12.8. The molecule has 4 nitrogen and oxygen atoms in total. The Labute approximate surface area is 125 Å². The van der Waals surface area contributed by atoms with Crippen molar-refractivity contribution in [3.63, 3.8) is 0 Å². The van der Waals surface area contributed by atoms with Gasteiger partial charge in [0.15, 0.2) is 0 Å². The molecule has 0 bridgehead atoms. The van der Waals surface area contributed by atoms with Crippen molar-refractivity contribution >= 4 is 0 Å². The van der Waals surface area contributed by atoms with Crippen molar-refractivity contribution in [3.05, 3.63) is 46.9 Å². The Hall–Kier alpha value is -1.94. The second-order valence-corrected chi connectivity index (χ2v) is 5.81. The Kier molecular flexibility index (Phi) is 3.88. The number of aromatic nitrogens is 2. The third-order valence-corrected chi connectivity index (χ3v) is 3.79. The van der Waals surface area contributed by atoms with Gasteiger partial charge in [-0.05, 0) is 56.4 Å². The molecular formula is C17H21N3O. The fourth-order valence-electron chi connectivity index (χ4n) is 2.28. The Morgan fingerprint density at radius 3 is 2.76 bits per heavy atom. The lowest BCUT2D eigenvalue weighted by Crippen LogP contribution is -2.16. The summed E-state index contributed by atoms with van der Waals surface area (Å²) in [5.41, 5.74) is 4.47. The first kappa shape index (κ1) is 14.0. The van der Waals surface area contributed by atoms with Crippen LogP contribution < -0.4 is 10.1 Å². The molecule has 0 unspecified atom stereocenters. The van der Waals surface area contributed by atoms with Gasteiger partial charge in [-0.3, -0.25) is 4.98 Å². The van der Waals surface area contributed by atoms with Crippen molar-refractivity contribution in [2.75, 3.05) is 0 Å². The highest BCUT2D eigenvalue weighted by Gasteiger charge is 2.20. The molecular weight excluding hydrogens is 262 g/mol. The monoisotopic (exact) mass is 283 g/mol. The highest BCUT2D eigenvalue weighted by atomic mass is 16.5. The van der Waals surface area contributed by atoms with Crippen molar-refractivity contribution in [2.45, 2.75) is 46.2 Å². The fourth-order valence-corrected chi connectivity index (χ4v) is 2.28. The molecule has 1 N–H and O–H groups in total. The van der Waals surface area contributed by atoms with Gasteiger partial charge in [-0.15, -0.1) is 0 Å². The number of benzene rings is 1. The van der Waals surface area contributed by atoms with Crippen LogP contribution in [0.3, 0.4) is 0 Å². The summed E-state index contributed by atoms with van der Waals surface area (Å²) < 4.78 is 5.93. The molecule has 1 aliphatic carbocycles. The highest BCUT2D eigenvalue weighted by Crippen LogP contribution is 2.27. The van der Waals surface area contributed by atoms with Gasteiger partial charge in [0.1, 0.15) is 5.75 Å². The van der Waals surface area contributed by atoms with Crippen molar-refractivity contribution in [3.8, 4) is 11.6 Å². The molecule has 1 aromatic heterocycles. The fraction of sp³-hybridized carbons (Fsp3) is 0.412. The van der Waals surface area contributed by atoms with Crippen LogP contribution >= 0.6 is 0 Å². The molecule has 3 rings (SSSR count). The number of hydrogen-bond donors (Lipinski definition) is 1. The molecule has 1 saturated carbocycles. The van der Waals surface area contributed by atoms with Crippen LogP contribution in [0.2, 0.25) is 0 Å². The number of ether oxygens (including phenoxy) is 1. The molecule has 21 heavy (non-hydrogen) atoms.